The van der Waals surface area contributed by atoms with Gasteiger partial charge in [0.15, 0.2) is 0 Å². The van der Waals surface area contributed by atoms with E-state index in [2.05, 4.69) is 16.0 Å². The molecule has 0 saturated heterocycles. The van der Waals surface area contributed by atoms with Crippen LogP contribution in [0.4, 0.5) is 11.4 Å². The molecule has 4 aromatic carbocycles. The van der Waals surface area contributed by atoms with Gasteiger partial charge in [-0.1, -0.05) is 66.7 Å². The summed E-state index contributed by atoms with van der Waals surface area (Å²) in [5, 5.41) is 7.97. The minimum Gasteiger partial charge on any atom is -0.492 e. The van der Waals surface area contributed by atoms with Crippen LogP contribution in [0.3, 0.4) is 0 Å². The van der Waals surface area contributed by atoms with Gasteiger partial charge in [-0.25, -0.2) is 0 Å². The summed E-state index contributed by atoms with van der Waals surface area (Å²) in [6, 6.07) is 35.9. The van der Waals surface area contributed by atoms with Gasteiger partial charge in [-0.15, -0.1) is 11.8 Å². The summed E-state index contributed by atoms with van der Waals surface area (Å²) >= 11 is 1.35. The van der Waals surface area contributed by atoms with Crippen molar-refractivity contribution in [2.45, 2.75) is 17.1 Å². The molecule has 0 saturated carbocycles. The summed E-state index contributed by atoms with van der Waals surface area (Å²) in [5.74, 6) is -0.202. The molecule has 1 unspecified atom stereocenters. The minimum absolute atomic E-state index is 0.00589. The molecule has 3 N–H and O–H groups in total. The highest BCUT2D eigenvalue weighted by Gasteiger charge is 2.24. The summed E-state index contributed by atoms with van der Waals surface area (Å²) < 4.78 is 11.1. The lowest BCUT2D eigenvalue weighted by Crippen LogP contribution is -2.30. The number of benzene rings is 4. The number of para-hydroxylation sites is 2. The van der Waals surface area contributed by atoms with Crippen LogP contribution in [0.25, 0.3) is 6.08 Å². The van der Waals surface area contributed by atoms with E-state index in [4.69, 9.17) is 9.15 Å². The molecule has 0 spiro atoms. The number of hydrogen-bond acceptors (Lipinski definition) is 6. The Bertz CT molecular complexity index is 1770. The Kier molecular flexibility index (Phi) is 10.5. The molecule has 0 aliphatic heterocycles. The molecule has 3 amide bonds. The summed E-state index contributed by atoms with van der Waals surface area (Å²) in [6.07, 6.45) is 2.94. The number of carbonyl (C=O) groups is 3. The standard InChI is InChI=1S/C36H31N3O5S/c1-2-43-32-21-10-9-20-30(32)38-36(42)33(25-13-5-3-6-14-25)45-29-19-11-17-27(23-29)37-35(41)31(24-28-18-12-22-44-28)39-34(40)26-15-7-4-8-16-26/h3-24,33H,2H2,1H3,(H,37,41)(H,38,42)(H,39,40)/b31-24-. The molecule has 1 heterocycles. The fourth-order valence-corrected chi connectivity index (χ4v) is 5.47. The van der Waals surface area contributed by atoms with Crippen molar-refractivity contribution < 1.29 is 23.5 Å². The van der Waals surface area contributed by atoms with Crippen molar-refractivity contribution in [2.75, 3.05) is 17.2 Å². The number of rotatable bonds is 12. The molecule has 1 atom stereocenters. The van der Waals surface area contributed by atoms with E-state index in [1.54, 1.807) is 66.7 Å². The number of anilines is 2. The second-order valence-corrected chi connectivity index (χ2v) is 10.9. The average molecular weight is 618 g/mol. The van der Waals surface area contributed by atoms with Gasteiger partial charge in [-0.05, 0) is 67.1 Å². The third-order valence-electron chi connectivity index (χ3n) is 6.49. The summed E-state index contributed by atoms with van der Waals surface area (Å²) in [7, 11) is 0. The van der Waals surface area contributed by atoms with E-state index in [1.165, 1.54) is 24.1 Å². The maximum absolute atomic E-state index is 13.7. The van der Waals surface area contributed by atoms with Crippen molar-refractivity contribution in [3.05, 3.63) is 150 Å². The number of furan rings is 1. The molecule has 0 aliphatic carbocycles. The Morgan fingerprint density at radius 1 is 0.822 bits per heavy atom. The lowest BCUT2D eigenvalue weighted by molar-refractivity contribution is -0.116. The molecular formula is C36H31N3O5S. The van der Waals surface area contributed by atoms with Crippen molar-refractivity contribution in [3.63, 3.8) is 0 Å². The van der Waals surface area contributed by atoms with Crippen molar-refractivity contribution in [3.8, 4) is 5.75 Å². The van der Waals surface area contributed by atoms with Gasteiger partial charge in [0.05, 0.1) is 18.6 Å². The number of thioether (sulfide) groups is 1. The minimum atomic E-state index is -0.605. The smallest absolute Gasteiger partial charge is 0.272 e. The van der Waals surface area contributed by atoms with Gasteiger partial charge in [0.1, 0.15) is 22.5 Å². The van der Waals surface area contributed by atoms with Gasteiger partial charge >= 0.3 is 0 Å². The van der Waals surface area contributed by atoms with E-state index in [9.17, 15) is 14.4 Å². The highest BCUT2D eigenvalue weighted by Crippen LogP contribution is 2.38. The van der Waals surface area contributed by atoms with Gasteiger partial charge in [-0.3, -0.25) is 14.4 Å². The normalized spacial score (nSPS) is 11.7. The highest BCUT2D eigenvalue weighted by molar-refractivity contribution is 8.00. The first-order chi connectivity index (χ1) is 22.0. The van der Waals surface area contributed by atoms with E-state index < -0.39 is 17.1 Å². The van der Waals surface area contributed by atoms with Gasteiger partial charge in [0.2, 0.25) is 5.91 Å². The first kappa shape index (κ1) is 30.9. The van der Waals surface area contributed by atoms with Crippen LogP contribution in [-0.2, 0) is 9.59 Å². The van der Waals surface area contributed by atoms with Crippen molar-refractivity contribution in [2.24, 2.45) is 0 Å². The SMILES string of the molecule is CCOc1ccccc1NC(=O)C(Sc1cccc(NC(=O)/C(=C/c2ccco2)NC(=O)c2ccccc2)c1)c1ccccc1. The molecule has 8 nitrogen and oxygen atoms in total. The van der Waals surface area contributed by atoms with Crippen LogP contribution in [0.2, 0.25) is 0 Å². The van der Waals surface area contributed by atoms with Crippen molar-refractivity contribution >= 4 is 46.9 Å². The van der Waals surface area contributed by atoms with Gasteiger partial charge in [0, 0.05) is 22.2 Å². The van der Waals surface area contributed by atoms with Gasteiger partial charge in [-0.2, -0.15) is 0 Å². The summed E-state index contributed by atoms with van der Waals surface area (Å²) in [6.45, 7) is 2.36. The van der Waals surface area contributed by atoms with Crippen LogP contribution in [0.15, 0.2) is 143 Å². The topological polar surface area (TPSA) is 110 Å². The third kappa shape index (κ3) is 8.52. The number of hydrogen-bond donors (Lipinski definition) is 3. The molecular weight excluding hydrogens is 586 g/mol. The lowest BCUT2D eigenvalue weighted by Gasteiger charge is -2.19. The Morgan fingerprint density at radius 2 is 1.56 bits per heavy atom. The van der Waals surface area contributed by atoms with E-state index >= 15 is 0 Å². The second kappa shape index (κ2) is 15.3. The van der Waals surface area contributed by atoms with Gasteiger partial charge in [0.25, 0.3) is 11.8 Å². The third-order valence-corrected chi connectivity index (χ3v) is 7.74. The number of ether oxygens (including phenoxy) is 1. The van der Waals surface area contributed by atoms with Crippen LogP contribution < -0.4 is 20.7 Å². The summed E-state index contributed by atoms with van der Waals surface area (Å²) in [5.41, 5.74) is 2.30. The average Bonchev–Trinajstić information content (AvgIpc) is 3.58. The predicted octanol–water partition coefficient (Wildman–Crippen LogP) is 7.56. The zero-order valence-electron chi connectivity index (χ0n) is 24.4. The first-order valence-corrected chi connectivity index (χ1v) is 15.2. The Hall–Kier alpha value is -5.54. The van der Waals surface area contributed by atoms with Crippen LogP contribution in [0.5, 0.6) is 5.75 Å². The first-order valence-electron chi connectivity index (χ1n) is 14.3. The second-order valence-electron chi connectivity index (χ2n) is 9.70. The number of amides is 3. The van der Waals surface area contributed by atoms with Crippen LogP contribution in [0, 0.1) is 0 Å². The van der Waals surface area contributed by atoms with E-state index in [-0.39, 0.29) is 11.6 Å². The molecule has 45 heavy (non-hydrogen) atoms. The molecule has 0 fully saturated rings. The predicted molar refractivity (Wildman–Crippen MR) is 177 cm³/mol. The van der Waals surface area contributed by atoms with Crippen LogP contribution in [0.1, 0.15) is 33.9 Å². The Balaban J connectivity index is 1.36. The number of carbonyl (C=O) groups excluding carboxylic acids is 3. The monoisotopic (exact) mass is 617 g/mol. The van der Waals surface area contributed by atoms with Crippen LogP contribution >= 0.6 is 11.8 Å². The van der Waals surface area contributed by atoms with Crippen molar-refractivity contribution in [1.29, 1.82) is 0 Å². The fraction of sp³-hybridized carbons (Fsp3) is 0.0833. The Morgan fingerprint density at radius 3 is 2.29 bits per heavy atom. The molecule has 226 valence electrons. The fourth-order valence-electron chi connectivity index (χ4n) is 4.39. The molecule has 5 aromatic rings. The van der Waals surface area contributed by atoms with E-state index in [0.29, 0.717) is 35.1 Å². The molecule has 1 aromatic heterocycles. The summed E-state index contributed by atoms with van der Waals surface area (Å²) in [4.78, 5) is 40.8. The molecule has 0 aliphatic rings. The zero-order valence-corrected chi connectivity index (χ0v) is 25.3. The largest absolute Gasteiger partial charge is 0.492 e. The molecule has 9 heteroatoms. The Labute approximate surface area is 265 Å². The molecule has 5 rings (SSSR count). The van der Waals surface area contributed by atoms with Crippen LogP contribution in [-0.4, -0.2) is 24.3 Å². The number of nitrogens with one attached hydrogen (secondary N) is 3. The van der Waals surface area contributed by atoms with Gasteiger partial charge < -0.3 is 25.1 Å². The highest BCUT2D eigenvalue weighted by atomic mass is 32.2. The lowest BCUT2D eigenvalue weighted by atomic mass is 10.1. The zero-order chi connectivity index (χ0) is 31.4. The maximum Gasteiger partial charge on any atom is 0.272 e. The van der Waals surface area contributed by atoms with E-state index in [1.807, 2.05) is 61.5 Å². The molecule has 0 bridgehead atoms. The molecule has 0 radical (unpaired) electrons. The van der Waals surface area contributed by atoms with E-state index in [0.717, 1.165) is 10.5 Å². The quantitative estimate of drug-likeness (QED) is 0.0985. The van der Waals surface area contributed by atoms with Crippen molar-refractivity contribution in [1.82, 2.24) is 5.32 Å². The maximum atomic E-state index is 13.7.